The number of aromatic nitrogens is 2. The van der Waals surface area contributed by atoms with E-state index in [1.807, 2.05) is 13.8 Å². The summed E-state index contributed by atoms with van der Waals surface area (Å²) in [7, 11) is 1.56. The molecule has 1 aromatic rings. The number of rotatable bonds is 4. The molecule has 0 saturated heterocycles. The van der Waals surface area contributed by atoms with E-state index in [9.17, 15) is 4.79 Å². The molecular weight excluding hydrogens is 194 g/mol. The van der Waals surface area contributed by atoms with Gasteiger partial charge in [-0.05, 0) is 5.92 Å². The Morgan fingerprint density at radius 2 is 2.27 bits per heavy atom. The highest BCUT2D eigenvalue weighted by Crippen LogP contribution is 2.13. The van der Waals surface area contributed by atoms with Gasteiger partial charge < -0.3 is 15.5 Å². The average molecular weight is 211 g/mol. The number of hydrogen-bond donors (Lipinski definition) is 2. The number of hydrogen-bond acceptors (Lipinski definition) is 4. The molecule has 0 saturated carbocycles. The topological polar surface area (TPSA) is 81.0 Å². The molecule has 0 spiro atoms. The molecule has 84 valence electrons. The lowest BCUT2D eigenvalue weighted by Crippen LogP contribution is -2.24. The lowest BCUT2D eigenvalue weighted by Gasteiger charge is -2.14. The fraction of sp³-hybridized carbons (Fsp3) is 0.600. The Kier molecular flexibility index (Phi) is 3.99. The first kappa shape index (κ1) is 11.9. The van der Waals surface area contributed by atoms with E-state index >= 15 is 0 Å². The molecule has 1 unspecified atom stereocenters. The maximum atomic E-state index is 11.3. The van der Waals surface area contributed by atoms with Crippen LogP contribution in [-0.4, -0.2) is 17.1 Å². The third-order valence-electron chi connectivity index (χ3n) is 2.14. The minimum atomic E-state index is -0.255. The Bertz CT molecular complexity index is 373. The average Bonchev–Trinajstić information content (AvgIpc) is 2.16. The van der Waals surface area contributed by atoms with Crippen LogP contribution in [0.2, 0.25) is 0 Å². The number of nitrogens with zero attached hydrogens (tertiary/aromatic N) is 1. The SMILES string of the molecule is COCc1cc(=O)[nH]c(C(N)C(C)C)n1. The maximum Gasteiger partial charge on any atom is 0.251 e. The zero-order chi connectivity index (χ0) is 11.4. The Labute approximate surface area is 88.7 Å². The molecule has 1 aromatic heterocycles. The zero-order valence-corrected chi connectivity index (χ0v) is 9.28. The molecular formula is C10H17N3O2. The molecule has 5 nitrogen and oxygen atoms in total. The molecule has 0 aliphatic carbocycles. The zero-order valence-electron chi connectivity index (χ0n) is 9.28. The Morgan fingerprint density at radius 3 is 2.80 bits per heavy atom. The summed E-state index contributed by atoms with van der Waals surface area (Å²) in [6.07, 6.45) is 0. The van der Waals surface area contributed by atoms with Gasteiger partial charge in [-0.25, -0.2) is 4.98 Å². The smallest absolute Gasteiger partial charge is 0.251 e. The summed E-state index contributed by atoms with van der Waals surface area (Å²) in [5.74, 6) is 0.746. The van der Waals surface area contributed by atoms with E-state index in [1.165, 1.54) is 6.07 Å². The third kappa shape index (κ3) is 3.14. The van der Waals surface area contributed by atoms with Crippen molar-refractivity contribution in [3.63, 3.8) is 0 Å². The van der Waals surface area contributed by atoms with Gasteiger partial charge >= 0.3 is 0 Å². The van der Waals surface area contributed by atoms with Crippen LogP contribution in [0.1, 0.15) is 31.4 Å². The van der Waals surface area contributed by atoms with E-state index < -0.39 is 0 Å². The standard InChI is InChI=1S/C10H17N3O2/c1-6(2)9(11)10-12-7(5-15-3)4-8(14)13-10/h4,6,9H,5,11H2,1-3H3,(H,12,13,14). The van der Waals surface area contributed by atoms with Gasteiger partial charge in [0.1, 0.15) is 5.82 Å². The number of H-pyrrole nitrogens is 1. The molecule has 0 fully saturated rings. The molecule has 0 radical (unpaired) electrons. The van der Waals surface area contributed by atoms with Crippen LogP contribution in [-0.2, 0) is 11.3 Å². The monoisotopic (exact) mass is 211 g/mol. The second-order valence-corrected chi connectivity index (χ2v) is 3.82. The molecule has 5 heteroatoms. The molecule has 0 bridgehead atoms. The number of ether oxygens (including phenoxy) is 1. The van der Waals surface area contributed by atoms with E-state index in [0.717, 1.165) is 0 Å². The first-order valence-corrected chi connectivity index (χ1v) is 4.89. The molecule has 0 amide bonds. The minimum absolute atomic E-state index is 0.192. The summed E-state index contributed by atoms with van der Waals surface area (Å²) in [5.41, 5.74) is 6.31. The van der Waals surface area contributed by atoms with Gasteiger partial charge in [-0.15, -0.1) is 0 Å². The second-order valence-electron chi connectivity index (χ2n) is 3.82. The first-order chi connectivity index (χ1) is 7.04. The van der Waals surface area contributed by atoms with Crippen molar-refractivity contribution >= 4 is 0 Å². The van der Waals surface area contributed by atoms with Crippen LogP contribution < -0.4 is 11.3 Å². The lowest BCUT2D eigenvalue weighted by molar-refractivity contribution is 0.181. The molecule has 1 heterocycles. The summed E-state index contributed by atoms with van der Waals surface area (Å²) in [4.78, 5) is 18.2. The summed E-state index contributed by atoms with van der Waals surface area (Å²) in [6, 6.07) is 1.16. The van der Waals surface area contributed by atoms with Crippen LogP contribution in [0.5, 0.6) is 0 Å². The van der Waals surface area contributed by atoms with Crippen LogP contribution in [0.4, 0.5) is 0 Å². The van der Waals surface area contributed by atoms with E-state index in [1.54, 1.807) is 7.11 Å². The van der Waals surface area contributed by atoms with Crippen molar-refractivity contribution in [1.82, 2.24) is 9.97 Å². The summed E-state index contributed by atoms with van der Waals surface area (Å²) >= 11 is 0. The van der Waals surface area contributed by atoms with E-state index in [2.05, 4.69) is 9.97 Å². The number of methoxy groups -OCH3 is 1. The third-order valence-corrected chi connectivity index (χ3v) is 2.14. The van der Waals surface area contributed by atoms with Gasteiger partial charge in [0.25, 0.3) is 5.56 Å². The van der Waals surface area contributed by atoms with Gasteiger partial charge in [0.2, 0.25) is 0 Å². The van der Waals surface area contributed by atoms with Crippen molar-refractivity contribution in [3.05, 3.63) is 27.9 Å². The predicted octanol–water partition coefficient (Wildman–Crippen LogP) is 0.572. The van der Waals surface area contributed by atoms with Crippen LogP contribution in [0.15, 0.2) is 10.9 Å². The van der Waals surface area contributed by atoms with Crippen LogP contribution >= 0.6 is 0 Å². The molecule has 0 aliphatic heterocycles. The highest BCUT2D eigenvalue weighted by atomic mass is 16.5. The largest absolute Gasteiger partial charge is 0.378 e. The van der Waals surface area contributed by atoms with E-state index in [-0.39, 0.29) is 17.5 Å². The molecule has 15 heavy (non-hydrogen) atoms. The van der Waals surface area contributed by atoms with Gasteiger partial charge in [0.15, 0.2) is 0 Å². The highest BCUT2D eigenvalue weighted by Gasteiger charge is 2.13. The van der Waals surface area contributed by atoms with Crippen LogP contribution in [0, 0.1) is 5.92 Å². The molecule has 1 atom stereocenters. The van der Waals surface area contributed by atoms with Gasteiger partial charge in [-0.1, -0.05) is 13.8 Å². The number of nitrogens with one attached hydrogen (secondary N) is 1. The van der Waals surface area contributed by atoms with Crippen molar-refractivity contribution < 1.29 is 4.74 Å². The van der Waals surface area contributed by atoms with Gasteiger partial charge in [-0.3, -0.25) is 4.79 Å². The first-order valence-electron chi connectivity index (χ1n) is 4.89. The van der Waals surface area contributed by atoms with Gasteiger partial charge in [0, 0.05) is 13.2 Å². The van der Waals surface area contributed by atoms with E-state index in [4.69, 9.17) is 10.5 Å². The summed E-state index contributed by atoms with van der Waals surface area (Å²) < 4.78 is 4.92. The van der Waals surface area contributed by atoms with Crippen molar-refractivity contribution in [3.8, 4) is 0 Å². The fourth-order valence-corrected chi connectivity index (χ4v) is 1.22. The highest BCUT2D eigenvalue weighted by molar-refractivity contribution is 5.04. The Balaban J connectivity index is 3.03. The maximum absolute atomic E-state index is 11.3. The molecule has 0 aromatic carbocycles. The predicted molar refractivity (Wildman–Crippen MR) is 57.3 cm³/mol. The van der Waals surface area contributed by atoms with Crippen molar-refractivity contribution in [2.75, 3.05) is 7.11 Å². The molecule has 1 rings (SSSR count). The molecule has 3 N–H and O–H groups in total. The van der Waals surface area contributed by atoms with Gasteiger partial charge in [0.05, 0.1) is 18.3 Å². The second kappa shape index (κ2) is 5.04. The Hall–Kier alpha value is -1.20. The number of nitrogens with two attached hydrogens (primary N) is 1. The van der Waals surface area contributed by atoms with E-state index in [0.29, 0.717) is 18.1 Å². The minimum Gasteiger partial charge on any atom is -0.378 e. The number of aromatic amines is 1. The summed E-state index contributed by atoms with van der Waals surface area (Å²) in [6.45, 7) is 4.28. The molecule has 0 aliphatic rings. The fourth-order valence-electron chi connectivity index (χ4n) is 1.22. The van der Waals surface area contributed by atoms with Crippen LogP contribution in [0.3, 0.4) is 0 Å². The van der Waals surface area contributed by atoms with Crippen LogP contribution in [0.25, 0.3) is 0 Å². The van der Waals surface area contributed by atoms with Crippen molar-refractivity contribution in [2.24, 2.45) is 11.7 Å². The normalized spacial score (nSPS) is 13.1. The lowest BCUT2D eigenvalue weighted by atomic mass is 10.1. The van der Waals surface area contributed by atoms with Gasteiger partial charge in [-0.2, -0.15) is 0 Å². The Morgan fingerprint density at radius 1 is 1.60 bits per heavy atom. The summed E-state index contributed by atoms with van der Waals surface area (Å²) in [5, 5.41) is 0. The van der Waals surface area contributed by atoms with Crippen molar-refractivity contribution in [2.45, 2.75) is 26.5 Å². The van der Waals surface area contributed by atoms with Crippen molar-refractivity contribution in [1.29, 1.82) is 0 Å². The quantitative estimate of drug-likeness (QED) is 0.763.